The van der Waals surface area contributed by atoms with Crippen LogP contribution >= 0.6 is 0 Å². The number of methoxy groups -OCH3 is 1. The van der Waals surface area contributed by atoms with Gasteiger partial charge in [-0.25, -0.2) is 19.7 Å². The molecule has 0 unspecified atom stereocenters. The SMILES string of the molecule is COCCOC(=O)c1cc(Nc2nccc(-c3ccc(C(=O)N(C)C#N)cc3)n2)ccc1N1CCOCC1. The van der Waals surface area contributed by atoms with Crippen LogP contribution in [0.3, 0.4) is 0 Å². The monoisotopic (exact) mass is 516 g/mol. The number of nitriles is 1. The molecule has 0 saturated carbocycles. The van der Waals surface area contributed by atoms with E-state index in [1.54, 1.807) is 55.9 Å². The summed E-state index contributed by atoms with van der Waals surface area (Å²) in [6.45, 7) is 2.98. The van der Waals surface area contributed by atoms with Gasteiger partial charge < -0.3 is 24.4 Å². The smallest absolute Gasteiger partial charge is 0.340 e. The molecular weight excluding hydrogens is 488 g/mol. The number of aromatic nitrogens is 2. The van der Waals surface area contributed by atoms with Gasteiger partial charge in [-0.2, -0.15) is 5.26 Å². The van der Waals surface area contributed by atoms with Crippen molar-refractivity contribution in [2.45, 2.75) is 0 Å². The lowest BCUT2D eigenvalue weighted by atomic mass is 10.1. The van der Waals surface area contributed by atoms with Crippen molar-refractivity contribution in [2.75, 3.05) is 63.9 Å². The maximum atomic E-state index is 12.9. The highest BCUT2D eigenvalue weighted by atomic mass is 16.6. The molecule has 1 saturated heterocycles. The third-order valence-electron chi connectivity index (χ3n) is 5.88. The molecule has 0 aliphatic carbocycles. The predicted molar refractivity (Wildman–Crippen MR) is 140 cm³/mol. The van der Waals surface area contributed by atoms with E-state index < -0.39 is 5.97 Å². The van der Waals surface area contributed by atoms with Crippen LogP contribution < -0.4 is 10.2 Å². The van der Waals surface area contributed by atoms with Crippen molar-refractivity contribution in [2.24, 2.45) is 0 Å². The molecule has 1 amide bonds. The summed E-state index contributed by atoms with van der Waals surface area (Å²) < 4.78 is 15.8. The van der Waals surface area contributed by atoms with E-state index in [4.69, 9.17) is 19.5 Å². The fourth-order valence-electron chi connectivity index (χ4n) is 3.88. The maximum Gasteiger partial charge on any atom is 0.340 e. The van der Waals surface area contributed by atoms with Crippen LogP contribution in [-0.4, -0.2) is 80.4 Å². The van der Waals surface area contributed by atoms with Crippen molar-refractivity contribution < 1.29 is 23.8 Å². The number of benzene rings is 2. The number of esters is 1. The van der Waals surface area contributed by atoms with Gasteiger partial charge in [0, 0.05) is 50.3 Å². The van der Waals surface area contributed by atoms with Crippen LogP contribution in [0.5, 0.6) is 0 Å². The summed E-state index contributed by atoms with van der Waals surface area (Å²) in [5.41, 5.74) is 3.63. The first kappa shape index (κ1) is 26.5. The van der Waals surface area contributed by atoms with Crippen LogP contribution in [0.25, 0.3) is 11.3 Å². The Balaban J connectivity index is 1.55. The molecule has 1 aliphatic rings. The minimum atomic E-state index is -0.446. The molecule has 2 aromatic carbocycles. The van der Waals surface area contributed by atoms with Crippen molar-refractivity contribution >= 4 is 29.2 Å². The van der Waals surface area contributed by atoms with Crippen molar-refractivity contribution in [3.63, 3.8) is 0 Å². The molecule has 11 heteroatoms. The molecule has 1 aromatic heterocycles. The Hall–Kier alpha value is -4.53. The van der Waals surface area contributed by atoms with Gasteiger partial charge in [0.2, 0.25) is 5.95 Å². The second kappa shape index (κ2) is 12.6. The first-order chi connectivity index (χ1) is 18.5. The Morgan fingerprint density at radius 3 is 2.61 bits per heavy atom. The van der Waals surface area contributed by atoms with Gasteiger partial charge in [0.15, 0.2) is 6.19 Å². The lowest BCUT2D eigenvalue weighted by Gasteiger charge is -2.30. The Morgan fingerprint density at radius 1 is 1.13 bits per heavy atom. The minimum absolute atomic E-state index is 0.151. The number of carbonyl (C=O) groups is 2. The van der Waals surface area contributed by atoms with Gasteiger partial charge in [0.25, 0.3) is 5.91 Å². The molecule has 0 radical (unpaired) electrons. The fraction of sp³-hybridized carbons (Fsp3) is 0.296. The summed E-state index contributed by atoms with van der Waals surface area (Å²) in [5.74, 6) is -0.496. The second-order valence-electron chi connectivity index (χ2n) is 8.39. The maximum absolute atomic E-state index is 12.9. The van der Waals surface area contributed by atoms with E-state index >= 15 is 0 Å². The molecule has 2 heterocycles. The molecule has 38 heavy (non-hydrogen) atoms. The number of hydrogen-bond acceptors (Lipinski definition) is 10. The highest BCUT2D eigenvalue weighted by Crippen LogP contribution is 2.28. The number of ether oxygens (including phenoxy) is 3. The highest BCUT2D eigenvalue weighted by molar-refractivity contribution is 5.97. The van der Waals surface area contributed by atoms with Crippen LogP contribution in [0.15, 0.2) is 54.7 Å². The minimum Gasteiger partial charge on any atom is -0.460 e. The molecule has 11 nitrogen and oxygen atoms in total. The van der Waals surface area contributed by atoms with Crippen LogP contribution in [0.4, 0.5) is 17.3 Å². The van der Waals surface area contributed by atoms with E-state index in [9.17, 15) is 9.59 Å². The molecule has 0 atom stereocenters. The van der Waals surface area contributed by atoms with Crippen molar-refractivity contribution in [3.8, 4) is 17.5 Å². The molecule has 196 valence electrons. The van der Waals surface area contributed by atoms with E-state index in [-0.39, 0.29) is 12.5 Å². The number of carbonyl (C=O) groups excluding carboxylic acids is 2. The first-order valence-corrected chi connectivity index (χ1v) is 12.0. The lowest BCUT2D eigenvalue weighted by molar-refractivity contribution is 0.0388. The van der Waals surface area contributed by atoms with Gasteiger partial charge >= 0.3 is 5.97 Å². The van der Waals surface area contributed by atoms with E-state index in [1.165, 1.54) is 7.05 Å². The predicted octanol–water partition coefficient (Wildman–Crippen LogP) is 3.08. The Bertz CT molecular complexity index is 1320. The molecular formula is C27H28N6O5. The van der Waals surface area contributed by atoms with Crippen LogP contribution in [0.1, 0.15) is 20.7 Å². The van der Waals surface area contributed by atoms with E-state index in [1.807, 2.05) is 12.1 Å². The number of rotatable bonds is 9. The average molecular weight is 517 g/mol. The molecule has 1 fully saturated rings. The molecule has 1 N–H and O–H groups in total. The number of morpholine rings is 1. The molecule has 0 bridgehead atoms. The van der Waals surface area contributed by atoms with Gasteiger partial charge in [-0.15, -0.1) is 0 Å². The summed E-state index contributed by atoms with van der Waals surface area (Å²) in [6, 6.07) is 14.0. The zero-order valence-corrected chi connectivity index (χ0v) is 21.2. The number of amides is 1. The fourth-order valence-corrected chi connectivity index (χ4v) is 3.88. The largest absolute Gasteiger partial charge is 0.460 e. The zero-order chi connectivity index (χ0) is 26.9. The van der Waals surface area contributed by atoms with Gasteiger partial charge in [0.05, 0.1) is 36.8 Å². The van der Waals surface area contributed by atoms with Crippen molar-refractivity contribution in [1.82, 2.24) is 14.9 Å². The van der Waals surface area contributed by atoms with Gasteiger partial charge in [-0.3, -0.25) is 4.79 Å². The molecule has 3 aromatic rings. The quantitative estimate of drug-likeness (QED) is 0.196. The van der Waals surface area contributed by atoms with Crippen LogP contribution in [0.2, 0.25) is 0 Å². The number of anilines is 3. The number of hydrogen-bond donors (Lipinski definition) is 1. The van der Waals surface area contributed by atoms with Gasteiger partial charge in [0.1, 0.15) is 6.61 Å². The van der Waals surface area contributed by atoms with Crippen LogP contribution in [0, 0.1) is 11.5 Å². The summed E-state index contributed by atoms with van der Waals surface area (Å²) in [4.78, 5) is 37.1. The summed E-state index contributed by atoms with van der Waals surface area (Å²) in [7, 11) is 2.96. The lowest BCUT2D eigenvalue weighted by Crippen LogP contribution is -2.37. The third-order valence-corrected chi connectivity index (χ3v) is 5.88. The Kier molecular flexibility index (Phi) is 8.81. The average Bonchev–Trinajstić information content (AvgIpc) is 2.97. The van der Waals surface area contributed by atoms with E-state index in [0.717, 1.165) is 16.2 Å². The molecule has 1 aliphatic heterocycles. The Labute approximate surface area is 220 Å². The molecule has 0 spiro atoms. The van der Waals surface area contributed by atoms with Crippen LogP contribution in [-0.2, 0) is 14.2 Å². The van der Waals surface area contributed by atoms with Gasteiger partial charge in [-0.1, -0.05) is 12.1 Å². The summed E-state index contributed by atoms with van der Waals surface area (Å²) >= 11 is 0. The summed E-state index contributed by atoms with van der Waals surface area (Å²) in [6.07, 6.45) is 3.42. The first-order valence-electron chi connectivity index (χ1n) is 12.0. The van der Waals surface area contributed by atoms with E-state index in [0.29, 0.717) is 61.4 Å². The summed E-state index contributed by atoms with van der Waals surface area (Å²) in [5, 5.41) is 12.1. The molecule has 4 rings (SSSR count). The topological polar surface area (TPSA) is 130 Å². The van der Waals surface area contributed by atoms with E-state index in [2.05, 4.69) is 20.2 Å². The standard InChI is InChI=1S/C27H28N6O5/c1-32(18-28)25(34)20-5-3-19(4-6-20)23-9-10-29-27(31-23)30-21-7-8-24(33-11-13-37-14-12-33)22(17-21)26(35)38-16-15-36-2/h3-10,17H,11-16H2,1-2H3,(H,29,30,31). The zero-order valence-electron chi connectivity index (χ0n) is 21.2. The number of nitrogens with zero attached hydrogens (tertiary/aromatic N) is 5. The Morgan fingerprint density at radius 2 is 1.89 bits per heavy atom. The van der Waals surface area contributed by atoms with Crippen molar-refractivity contribution in [3.05, 3.63) is 65.9 Å². The van der Waals surface area contributed by atoms with Crippen molar-refractivity contribution in [1.29, 1.82) is 5.26 Å². The second-order valence-corrected chi connectivity index (χ2v) is 8.39. The normalized spacial score (nSPS) is 12.9. The number of nitrogens with one attached hydrogen (secondary N) is 1. The highest BCUT2D eigenvalue weighted by Gasteiger charge is 2.21. The van der Waals surface area contributed by atoms with Gasteiger partial charge in [-0.05, 0) is 36.4 Å². The third kappa shape index (κ3) is 6.42.